The predicted octanol–water partition coefficient (Wildman–Crippen LogP) is 0.464. The summed E-state index contributed by atoms with van der Waals surface area (Å²) in [5, 5.41) is 0. The Morgan fingerprint density at radius 2 is 1.70 bits per heavy atom. The van der Waals surface area contributed by atoms with Crippen LogP contribution >= 0.6 is 0 Å². The van der Waals surface area contributed by atoms with Crippen LogP contribution in [0.1, 0.15) is 5.56 Å². The number of rotatable bonds is 6. The Kier molecular flexibility index (Phi) is 5.34. The van der Waals surface area contributed by atoms with Gasteiger partial charge < -0.3 is 14.2 Å². The minimum atomic E-state index is -3.84. The largest absolute Gasteiger partial charge is 0.493 e. The Morgan fingerprint density at radius 3 is 2.20 bits per heavy atom. The smallest absolute Gasteiger partial charge is 0.320 e. The number of aryl methyl sites for hydroxylation is 1. The van der Waals surface area contributed by atoms with Gasteiger partial charge in [0.15, 0.2) is 11.5 Å². The van der Waals surface area contributed by atoms with Gasteiger partial charge >= 0.3 is 5.97 Å². The number of carbonyl (C=O) groups excluding carboxylic acids is 1. The molecule has 0 amide bonds. The Balaban J connectivity index is 3.15. The van der Waals surface area contributed by atoms with Crippen LogP contribution in [0.5, 0.6) is 11.5 Å². The molecule has 0 radical (unpaired) electrons. The van der Waals surface area contributed by atoms with Gasteiger partial charge in [-0.1, -0.05) is 0 Å². The molecular weight excluding hydrogens is 286 g/mol. The summed E-state index contributed by atoms with van der Waals surface area (Å²) in [5.41, 5.74) is 0.472. The van der Waals surface area contributed by atoms with Crippen molar-refractivity contribution >= 4 is 16.0 Å². The van der Waals surface area contributed by atoms with Gasteiger partial charge in [-0.05, 0) is 18.6 Å². The Hall–Kier alpha value is -1.80. The summed E-state index contributed by atoms with van der Waals surface area (Å²) < 4.78 is 40.9. The first kappa shape index (κ1) is 16.3. The highest BCUT2D eigenvalue weighted by Crippen LogP contribution is 2.32. The number of sulfonamides is 1. The van der Waals surface area contributed by atoms with E-state index in [0.29, 0.717) is 11.3 Å². The van der Waals surface area contributed by atoms with E-state index in [9.17, 15) is 13.2 Å². The molecule has 8 heteroatoms. The summed E-state index contributed by atoms with van der Waals surface area (Å²) in [6.07, 6.45) is 0. The van der Waals surface area contributed by atoms with Gasteiger partial charge in [-0.25, -0.2) is 8.42 Å². The summed E-state index contributed by atoms with van der Waals surface area (Å²) in [7, 11) is 0.206. The lowest BCUT2D eigenvalue weighted by molar-refractivity contribution is -0.139. The van der Waals surface area contributed by atoms with Gasteiger partial charge in [-0.15, -0.1) is 0 Å². The third kappa shape index (κ3) is 3.61. The maximum absolute atomic E-state index is 12.1. The van der Waals surface area contributed by atoms with Gasteiger partial charge in [-0.3, -0.25) is 4.79 Å². The molecule has 0 aliphatic carbocycles. The van der Waals surface area contributed by atoms with Crippen molar-refractivity contribution in [2.24, 2.45) is 0 Å². The number of methoxy groups -OCH3 is 3. The van der Waals surface area contributed by atoms with Gasteiger partial charge in [0.25, 0.3) is 0 Å². The summed E-state index contributed by atoms with van der Waals surface area (Å²) in [5.74, 6) is 0.0418. The molecule has 1 rings (SSSR count). The second-order valence-electron chi connectivity index (χ2n) is 3.87. The Labute approximate surface area is 117 Å². The lowest BCUT2D eigenvalue weighted by atomic mass is 10.2. The molecule has 0 atom stereocenters. The van der Waals surface area contributed by atoms with Crippen molar-refractivity contribution in [3.8, 4) is 11.5 Å². The minimum absolute atomic E-state index is 0.0130. The summed E-state index contributed by atoms with van der Waals surface area (Å²) in [4.78, 5) is 11.0. The van der Waals surface area contributed by atoms with Crippen molar-refractivity contribution in [1.29, 1.82) is 0 Å². The van der Waals surface area contributed by atoms with E-state index in [1.54, 1.807) is 13.0 Å². The molecule has 112 valence electrons. The molecule has 0 saturated heterocycles. The van der Waals surface area contributed by atoms with Crippen LogP contribution in [0.2, 0.25) is 0 Å². The molecule has 20 heavy (non-hydrogen) atoms. The molecule has 0 heterocycles. The molecule has 0 aliphatic heterocycles. The standard InChI is InChI=1S/C12H17NO6S/c1-8-5-9(17-2)10(18-3)6-11(8)20(15,16)13-7-12(14)19-4/h5-6,13H,7H2,1-4H3. The fourth-order valence-corrected chi connectivity index (χ4v) is 2.76. The van der Waals surface area contributed by atoms with Crippen molar-refractivity contribution in [3.05, 3.63) is 17.7 Å². The van der Waals surface area contributed by atoms with Gasteiger partial charge in [0.05, 0.1) is 26.2 Å². The fourth-order valence-electron chi connectivity index (χ4n) is 1.56. The molecule has 0 bridgehead atoms. The highest BCUT2D eigenvalue weighted by Gasteiger charge is 2.21. The maximum Gasteiger partial charge on any atom is 0.320 e. The average Bonchev–Trinajstić information content (AvgIpc) is 2.44. The maximum atomic E-state index is 12.1. The zero-order valence-corrected chi connectivity index (χ0v) is 12.5. The van der Waals surface area contributed by atoms with Crippen molar-refractivity contribution in [1.82, 2.24) is 4.72 Å². The van der Waals surface area contributed by atoms with E-state index in [-0.39, 0.29) is 10.6 Å². The zero-order chi connectivity index (χ0) is 15.3. The highest BCUT2D eigenvalue weighted by atomic mass is 32.2. The number of carbonyl (C=O) groups is 1. The first-order valence-corrected chi connectivity index (χ1v) is 7.13. The quantitative estimate of drug-likeness (QED) is 0.768. The fraction of sp³-hybridized carbons (Fsp3) is 0.417. The van der Waals surface area contributed by atoms with Gasteiger partial charge in [0.1, 0.15) is 6.54 Å². The first-order valence-electron chi connectivity index (χ1n) is 5.64. The Morgan fingerprint density at radius 1 is 1.15 bits per heavy atom. The third-order valence-corrected chi connectivity index (χ3v) is 4.15. The minimum Gasteiger partial charge on any atom is -0.493 e. The number of hydrogen-bond donors (Lipinski definition) is 1. The number of esters is 1. The number of nitrogens with one attached hydrogen (secondary N) is 1. The second-order valence-corrected chi connectivity index (χ2v) is 5.61. The molecule has 1 aromatic rings. The van der Waals surface area contributed by atoms with E-state index in [1.165, 1.54) is 27.4 Å². The summed E-state index contributed by atoms with van der Waals surface area (Å²) in [6, 6.07) is 2.89. The van der Waals surface area contributed by atoms with Crippen LogP contribution in [0.3, 0.4) is 0 Å². The zero-order valence-electron chi connectivity index (χ0n) is 11.7. The lowest BCUT2D eigenvalue weighted by Gasteiger charge is -2.13. The van der Waals surface area contributed by atoms with Gasteiger partial charge in [-0.2, -0.15) is 4.72 Å². The van der Waals surface area contributed by atoms with Crippen LogP contribution in [0, 0.1) is 6.92 Å². The second kappa shape index (κ2) is 6.58. The highest BCUT2D eigenvalue weighted by molar-refractivity contribution is 7.89. The van der Waals surface area contributed by atoms with E-state index in [0.717, 1.165) is 0 Å². The molecule has 0 aliphatic rings. The first-order chi connectivity index (χ1) is 9.35. The van der Waals surface area contributed by atoms with Crippen molar-refractivity contribution in [2.75, 3.05) is 27.9 Å². The van der Waals surface area contributed by atoms with Crippen LogP contribution < -0.4 is 14.2 Å². The van der Waals surface area contributed by atoms with Crippen LogP contribution in [-0.4, -0.2) is 42.3 Å². The Bertz CT molecular complexity index is 596. The topological polar surface area (TPSA) is 90.9 Å². The van der Waals surface area contributed by atoms with Crippen LogP contribution in [0.25, 0.3) is 0 Å². The average molecular weight is 303 g/mol. The number of benzene rings is 1. The van der Waals surface area contributed by atoms with Crippen LogP contribution in [0.4, 0.5) is 0 Å². The SMILES string of the molecule is COC(=O)CNS(=O)(=O)c1cc(OC)c(OC)cc1C. The third-order valence-electron chi connectivity index (χ3n) is 2.60. The van der Waals surface area contributed by atoms with E-state index in [4.69, 9.17) is 9.47 Å². The number of hydrogen-bond acceptors (Lipinski definition) is 6. The number of ether oxygens (including phenoxy) is 3. The monoisotopic (exact) mass is 303 g/mol. The molecule has 0 aromatic heterocycles. The summed E-state index contributed by atoms with van der Waals surface area (Å²) >= 11 is 0. The van der Waals surface area contributed by atoms with E-state index >= 15 is 0 Å². The van der Waals surface area contributed by atoms with Crippen LogP contribution in [-0.2, 0) is 19.6 Å². The molecular formula is C12H17NO6S. The van der Waals surface area contributed by atoms with Crippen molar-refractivity contribution in [2.45, 2.75) is 11.8 Å². The lowest BCUT2D eigenvalue weighted by Crippen LogP contribution is -2.30. The summed E-state index contributed by atoms with van der Waals surface area (Å²) in [6.45, 7) is 1.18. The molecule has 1 aromatic carbocycles. The molecule has 0 fully saturated rings. The van der Waals surface area contributed by atoms with E-state index < -0.39 is 22.5 Å². The van der Waals surface area contributed by atoms with Crippen LogP contribution in [0.15, 0.2) is 17.0 Å². The molecule has 0 saturated carbocycles. The molecule has 7 nitrogen and oxygen atoms in total. The van der Waals surface area contributed by atoms with Crippen molar-refractivity contribution in [3.63, 3.8) is 0 Å². The van der Waals surface area contributed by atoms with Gasteiger partial charge in [0, 0.05) is 6.07 Å². The molecule has 0 spiro atoms. The molecule has 1 N–H and O–H groups in total. The van der Waals surface area contributed by atoms with Crippen molar-refractivity contribution < 1.29 is 27.4 Å². The normalized spacial score (nSPS) is 11.0. The van der Waals surface area contributed by atoms with E-state index in [2.05, 4.69) is 9.46 Å². The van der Waals surface area contributed by atoms with E-state index in [1.807, 2.05) is 0 Å². The molecule has 0 unspecified atom stereocenters. The van der Waals surface area contributed by atoms with Gasteiger partial charge in [0.2, 0.25) is 10.0 Å². The predicted molar refractivity (Wildman–Crippen MR) is 71.5 cm³/mol.